The minimum Gasteiger partial charge on any atom is -0.424 e. The maximum absolute atomic E-state index is 5.53. The summed E-state index contributed by atoms with van der Waals surface area (Å²) >= 11 is 1.93. The fourth-order valence-corrected chi connectivity index (χ4v) is 4.02. The average Bonchev–Trinajstić information content (AvgIpc) is 2.86. The largest absolute Gasteiger partial charge is 0.424 e. The number of fused-ring (bicyclic) bond motifs is 1. The van der Waals surface area contributed by atoms with E-state index in [0.29, 0.717) is 11.1 Å². The Hall–Kier alpha value is -1.29. The normalized spacial score (nSPS) is 20.0. The van der Waals surface area contributed by atoms with Crippen LogP contribution in [0.1, 0.15) is 53.2 Å². The SMILES string of the molecule is Cc1nnc([C@H](C)S[C@@H]2CCCc3ccccc32)o1. The van der Waals surface area contributed by atoms with Crippen molar-refractivity contribution in [2.45, 2.75) is 43.6 Å². The summed E-state index contributed by atoms with van der Waals surface area (Å²) in [7, 11) is 0. The monoisotopic (exact) mass is 274 g/mol. The molecule has 0 bridgehead atoms. The van der Waals surface area contributed by atoms with E-state index < -0.39 is 0 Å². The van der Waals surface area contributed by atoms with Crippen LogP contribution in [0.4, 0.5) is 0 Å². The Morgan fingerprint density at radius 2 is 2.16 bits per heavy atom. The van der Waals surface area contributed by atoms with E-state index in [4.69, 9.17) is 4.42 Å². The van der Waals surface area contributed by atoms with Crippen LogP contribution in [0.2, 0.25) is 0 Å². The molecule has 0 amide bonds. The molecule has 0 unspecified atom stereocenters. The first-order chi connectivity index (χ1) is 9.24. The fourth-order valence-electron chi connectivity index (χ4n) is 2.63. The highest BCUT2D eigenvalue weighted by atomic mass is 32.2. The van der Waals surface area contributed by atoms with Crippen molar-refractivity contribution in [3.05, 3.63) is 47.2 Å². The van der Waals surface area contributed by atoms with Gasteiger partial charge in [-0.2, -0.15) is 0 Å². The summed E-state index contributed by atoms with van der Waals surface area (Å²) in [6.45, 7) is 3.98. The average molecular weight is 274 g/mol. The van der Waals surface area contributed by atoms with Crippen LogP contribution < -0.4 is 0 Å². The summed E-state index contributed by atoms with van der Waals surface area (Å²) in [6.07, 6.45) is 3.71. The van der Waals surface area contributed by atoms with Crippen molar-refractivity contribution in [1.29, 1.82) is 0 Å². The first kappa shape index (κ1) is 12.7. The van der Waals surface area contributed by atoms with E-state index in [1.54, 1.807) is 0 Å². The smallest absolute Gasteiger partial charge is 0.229 e. The van der Waals surface area contributed by atoms with Gasteiger partial charge in [-0.05, 0) is 37.3 Å². The molecule has 0 fully saturated rings. The van der Waals surface area contributed by atoms with Gasteiger partial charge in [-0.15, -0.1) is 22.0 Å². The molecule has 1 aliphatic carbocycles. The maximum atomic E-state index is 5.53. The number of thioether (sulfide) groups is 1. The fraction of sp³-hybridized carbons (Fsp3) is 0.467. The molecule has 1 aromatic heterocycles. The van der Waals surface area contributed by atoms with Gasteiger partial charge in [-0.25, -0.2) is 0 Å². The Kier molecular flexibility index (Phi) is 3.60. The molecule has 2 atom stereocenters. The number of rotatable bonds is 3. The Bertz CT molecular complexity index is 567. The molecule has 1 aromatic carbocycles. The Morgan fingerprint density at radius 1 is 1.32 bits per heavy atom. The van der Waals surface area contributed by atoms with E-state index in [0.717, 1.165) is 5.89 Å². The molecule has 0 aliphatic heterocycles. The molecular formula is C15H18N2OS. The summed E-state index contributed by atoms with van der Waals surface area (Å²) in [6, 6.07) is 8.79. The van der Waals surface area contributed by atoms with E-state index in [9.17, 15) is 0 Å². The quantitative estimate of drug-likeness (QED) is 0.838. The molecule has 3 rings (SSSR count). The second-order valence-corrected chi connectivity index (χ2v) is 6.57. The summed E-state index contributed by atoms with van der Waals surface area (Å²) in [4.78, 5) is 0. The van der Waals surface area contributed by atoms with Crippen molar-refractivity contribution in [3.8, 4) is 0 Å². The van der Waals surface area contributed by atoms with Crippen LogP contribution >= 0.6 is 11.8 Å². The predicted molar refractivity (Wildman–Crippen MR) is 77.2 cm³/mol. The number of benzene rings is 1. The first-order valence-corrected chi connectivity index (χ1v) is 7.71. The maximum Gasteiger partial charge on any atom is 0.229 e. The topological polar surface area (TPSA) is 38.9 Å². The first-order valence-electron chi connectivity index (χ1n) is 6.77. The molecule has 1 aliphatic rings. The highest BCUT2D eigenvalue weighted by Gasteiger charge is 2.24. The molecule has 2 aromatic rings. The summed E-state index contributed by atoms with van der Waals surface area (Å²) in [5.41, 5.74) is 2.99. The Balaban J connectivity index is 1.77. The third-order valence-corrected chi connectivity index (χ3v) is 5.00. The number of nitrogens with zero attached hydrogens (tertiary/aromatic N) is 2. The zero-order valence-electron chi connectivity index (χ0n) is 11.3. The molecule has 100 valence electrons. The van der Waals surface area contributed by atoms with Crippen LogP contribution in [0, 0.1) is 6.92 Å². The van der Waals surface area contributed by atoms with Gasteiger partial charge in [0.15, 0.2) is 0 Å². The Labute approximate surface area is 117 Å². The number of aryl methyl sites for hydroxylation is 2. The molecule has 0 saturated heterocycles. The Morgan fingerprint density at radius 3 is 2.95 bits per heavy atom. The molecule has 0 radical (unpaired) electrons. The predicted octanol–water partition coefficient (Wildman–Crippen LogP) is 4.25. The lowest BCUT2D eigenvalue weighted by Crippen LogP contribution is -2.08. The zero-order chi connectivity index (χ0) is 13.2. The molecule has 0 spiro atoms. The van der Waals surface area contributed by atoms with E-state index in [2.05, 4.69) is 41.4 Å². The van der Waals surface area contributed by atoms with E-state index in [1.807, 2.05) is 18.7 Å². The van der Waals surface area contributed by atoms with Crippen LogP contribution in [0.25, 0.3) is 0 Å². The highest BCUT2D eigenvalue weighted by molar-refractivity contribution is 7.99. The lowest BCUT2D eigenvalue weighted by molar-refractivity contribution is 0.469. The third-order valence-electron chi connectivity index (χ3n) is 3.57. The zero-order valence-corrected chi connectivity index (χ0v) is 12.1. The minimum atomic E-state index is 0.248. The van der Waals surface area contributed by atoms with Gasteiger partial charge in [0.2, 0.25) is 11.8 Å². The second kappa shape index (κ2) is 5.37. The number of hydrogen-bond acceptors (Lipinski definition) is 4. The van der Waals surface area contributed by atoms with Crippen molar-refractivity contribution in [3.63, 3.8) is 0 Å². The van der Waals surface area contributed by atoms with Gasteiger partial charge in [0, 0.05) is 12.2 Å². The van der Waals surface area contributed by atoms with Crippen molar-refractivity contribution in [2.75, 3.05) is 0 Å². The van der Waals surface area contributed by atoms with E-state index in [-0.39, 0.29) is 5.25 Å². The van der Waals surface area contributed by atoms with E-state index >= 15 is 0 Å². The molecule has 3 nitrogen and oxygen atoms in total. The van der Waals surface area contributed by atoms with Crippen LogP contribution in [0.5, 0.6) is 0 Å². The van der Waals surface area contributed by atoms with Crippen molar-refractivity contribution in [1.82, 2.24) is 10.2 Å². The van der Waals surface area contributed by atoms with Crippen LogP contribution in [-0.4, -0.2) is 10.2 Å². The minimum absolute atomic E-state index is 0.248. The van der Waals surface area contributed by atoms with Crippen molar-refractivity contribution >= 4 is 11.8 Å². The van der Waals surface area contributed by atoms with Crippen molar-refractivity contribution in [2.24, 2.45) is 0 Å². The van der Waals surface area contributed by atoms with Gasteiger partial charge in [0.25, 0.3) is 0 Å². The van der Waals surface area contributed by atoms with E-state index in [1.165, 1.54) is 30.4 Å². The van der Waals surface area contributed by atoms with Gasteiger partial charge in [0.1, 0.15) is 0 Å². The molecule has 4 heteroatoms. The van der Waals surface area contributed by atoms with Gasteiger partial charge in [-0.1, -0.05) is 24.3 Å². The molecule has 0 saturated carbocycles. The van der Waals surface area contributed by atoms with Gasteiger partial charge in [-0.3, -0.25) is 0 Å². The van der Waals surface area contributed by atoms with Gasteiger partial charge in [0.05, 0.1) is 5.25 Å². The molecule has 0 N–H and O–H groups in total. The van der Waals surface area contributed by atoms with Crippen LogP contribution in [0.15, 0.2) is 28.7 Å². The summed E-state index contributed by atoms with van der Waals surface area (Å²) in [5, 5.41) is 8.84. The summed E-state index contributed by atoms with van der Waals surface area (Å²) < 4.78 is 5.53. The lowest BCUT2D eigenvalue weighted by Gasteiger charge is -2.26. The third kappa shape index (κ3) is 2.68. The molecule has 1 heterocycles. The van der Waals surface area contributed by atoms with Gasteiger partial charge < -0.3 is 4.42 Å². The van der Waals surface area contributed by atoms with Crippen LogP contribution in [0.3, 0.4) is 0 Å². The number of aromatic nitrogens is 2. The molecule has 19 heavy (non-hydrogen) atoms. The molecular weight excluding hydrogens is 256 g/mol. The summed E-state index contributed by atoms with van der Waals surface area (Å²) in [5.74, 6) is 1.39. The van der Waals surface area contributed by atoms with Crippen LogP contribution in [-0.2, 0) is 6.42 Å². The second-order valence-electron chi connectivity index (χ2n) is 5.02. The number of hydrogen-bond donors (Lipinski definition) is 0. The van der Waals surface area contributed by atoms with Gasteiger partial charge >= 0.3 is 0 Å². The highest BCUT2D eigenvalue weighted by Crippen LogP contribution is 2.45. The standard InChI is InChI=1S/C15H18N2OS/c1-10(15-17-16-11(2)18-15)19-14-9-5-7-12-6-3-4-8-13(12)14/h3-4,6,8,10,14H,5,7,9H2,1-2H3/t10-,14+/m0/s1. The lowest BCUT2D eigenvalue weighted by atomic mass is 9.91. The van der Waals surface area contributed by atoms with Crippen molar-refractivity contribution < 1.29 is 4.42 Å².